The van der Waals surface area contributed by atoms with Crippen LogP contribution in [-0.4, -0.2) is 18.2 Å². The molecular weight excluding hydrogens is 443 g/mol. The van der Waals surface area contributed by atoms with Gasteiger partial charge in [-0.2, -0.15) is 0 Å². The average molecular weight is 460 g/mol. The predicted molar refractivity (Wildman–Crippen MR) is 111 cm³/mol. The van der Waals surface area contributed by atoms with Crippen LogP contribution in [0.2, 0.25) is 0 Å². The molecule has 0 amide bonds. The average Bonchev–Trinajstić information content (AvgIpc) is 2.65. The van der Waals surface area contributed by atoms with E-state index in [0.717, 1.165) is 26.2 Å². The number of hydrogen-bond donors (Lipinski definition) is 1. The Hall–Kier alpha value is -2.54. The largest absolute Gasteiger partial charge is 0.493 e. The van der Waals surface area contributed by atoms with E-state index in [-0.39, 0.29) is 0 Å². The van der Waals surface area contributed by atoms with E-state index in [0.29, 0.717) is 18.1 Å². The third-order valence-corrected chi connectivity index (χ3v) is 4.72. The van der Waals surface area contributed by atoms with E-state index >= 15 is 0 Å². The third-order valence-electron chi connectivity index (χ3n) is 3.92. The summed E-state index contributed by atoms with van der Waals surface area (Å²) in [5, 5.41) is 11.1. The second-order valence-corrected chi connectivity index (χ2v) is 6.79. The van der Waals surface area contributed by atoms with Crippen LogP contribution in [0.3, 0.4) is 0 Å². The van der Waals surface area contributed by atoms with Gasteiger partial charge in [0, 0.05) is 6.08 Å². The van der Waals surface area contributed by atoms with Crippen molar-refractivity contribution in [1.82, 2.24) is 0 Å². The van der Waals surface area contributed by atoms with Crippen LogP contribution in [0.1, 0.15) is 11.1 Å². The maximum absolute atomic E-state index is 10.7. The van der Waals surface area contributed by atoms with Gasteiger partial charge in [0.2, 0.25) is 0 Å². The van der Waals surface area contributed by atoms with Crippen LogP contribution in [0.5, 0.6) is 11.5 Å². The number of aliphatic carboxylic acids is 1. The Morgan fingerprint density at radius 1 is 1.15 bits per heavy atom. The molecule has 5 heteroatoms. The van der Waals surface area contributed by atoms with Crippen molar-refractivity contribution in [1.29, 1.82) is 0 Å². The van der Waals surface area contributed by atoms with Crippen molar-refractivity contribution < 1.29 is 19.4 Å². The molecule has 0 bridgehead atoms. The van der Waals surface area contributed by atoms with Crippen molar-refractivity contribution in [2.24, 2.45) is 0 Å². The van der Waals surface area contributed by atoms with E-state index in [1.807, 2.05) is 30.3 Å². The molecule has 3 aromatic carbocycles. The van der Waals surface area contributed by atoms with E-state index in [9.17, 15) is 4.79 Å². The summed E-state index contributed by atoms with van der Waals surface area (Å²) in [4.78, 5) is 10.7. The van der Waals surface area contributed by atoms with Gasteiger partial charge in [0.15, 0.2) is 11.5 Å². The highest BCUT2D eigenvalue weighted by Crippen LogP contribution is 2.35. The molecule has 0 aromatic heterocycles. The van der Waals surface area contributed by atoms with Crippen molar-refractivity contribution >= 4 is 45.4 Å². The van der Waals surface area contributed by atoms with Gasteiger partial charge in [-0.25, -0.2) is 4.79 Å². The Morgan fingerprint density at radius 2 is 1.92 bits per heavy atom. The number of carboxylic acid groups (broad SMARTS) is 1. The topological polar surface area (TPSA) is 55.8 Å². The van der Waals surface area contributed by atoms with Crippen LogP contribution in [0.25, 0.3) is 16.8 Å². The van der Waals surface area contributed by atoms with Gasteiger partial charge in [0.25, 0.3) is 0 Å². The molecule has 0 unspecified atom stereocenters. The van der Waals surface area contributed by atoms with Gasteiger partial charge in [-0.05, 0) is 62.7 Å². The number of fused-ring (bicyclic) bond motifs is 1. The molecule has 1 N–H and O–H groups in total. The zero-order chi connectivity index (χ0) is 18.5. The fourth-order valence-electron chi connectivity index (χ4n) is 2.71. The molecule has 0 fully saturated rings. The molecule has 132 valence electrons. The number of carbonyl (C=O) groups is 1. The first kappa shape index (κ1) is 18.3. The number of ether oxygens (including phenoxy) is 2. The molecule has 26 heavy (non-hydrogen) atoms. The molecule has 0 aliphatic rings. The smallest absolute Gasteiger partial charge is 0.328 e. The molecule has 0 aliphatic heterocycles. The summed E-state index contributed by atoms with van der Waals surface area (Å²) in [5.41, 5.74) is 1.84. The maximum Gasteiger partial charge on any atom is 0.328 e. The quantitative estimate of drug-likeness (QED) is 0.410. The summed E-state index contributed by atoms with van der Waals surface area (Å²) in [6.45, 7) is 0.415. The van der Waals surface area contributed by atoms with E-state index in [2.05, 4.69) is 40.8 Å². The lowest BCUT2D eigenvalue weighted by atomic mass is 10.1. The SMILES string of the molecule is COc1cc(C=CC(=O)O)cc(I)c1OCc1cccc2ccccc12. The number of hydrogen-bond acceptors (Lipinski definition) is 3. The number of benzene rings is 3. The van der Waals surface area contributed by atoms with Crippen LogP contribution >= 0.6 is 22.6 Å². The highest BCUT2D eigenvalue weighted by Gasteiger charge is 2.12. The van der Waals surface area contributed by atoms with Crippen LogP contribution < -0.4 is 9.47 Å². The molecule has 0 spiro atoms. The van der Waals surface area contributed by atoms with E-state index in [1.54, 1.807) is 13.2 Å². The minimum atomic E-state index is -0.991. The molecule has 0 atom stereocenters. The highest BCUT2D eigenvalue weighted by molar-refractivity contribution is 14.1. The fraction of sp³-hybridized carbons (Fsp3) is 0.0952. The van der Waals surface area contributed by atoms with Gasteiger partial charge in [0.05, 0.1) is 10.7 Å². The first-order valence-electron chi connectivity index (χ1n) is 7.96. The molecule has 3 aromatic rings. The monoisotopic (exact) mass is 460 g/mol. The van der Waals surface area contributed by atoms with E-state index in [4.69, 9.17) is 14.6 Å². The second-order valence-electron chi connectivity index (χ2n) is 5.63. The van der Waals surface area contributed by atoms with Crippen molar-refractivity contribution in [2.75, 3.05) is 7.11 Å². The molecule has 0 radical (unpaired) electrons. The lowest BCUT2D eigenvalue weighted by Gasteiger charge is -2.14. The van der Waals surface area contributed by atoms with Crippen molar-refractivity contribution in [3.63, 3.8) is 0 Å². The van der Waals surface area contributed by atoms with Crippen LogP contribution in [0.4, 0.5) is 0 Å². The third kappa shape index (κ3) is 4.16. The van der Waals surface area contributed by atoms with Gasteiger partial charge in [-0.1, -0.05) is 42.5 Å². The van der Waals surface area contributed by atoms with Gasteiger partial charge in [0.1, 0.15) is 6.61 Å². The zero-order valence-corrected chi connectivity index (χ0v) is 16.3. The molecule has 0 saturated heterocycles. The molecule has 4 nitrogen and oxygen atoms in total. The van der Waals surface area contributed by atoms with Crippen molar-refractivity contribution in [3.05, 3.63) is 75.4 Å². The Morgan fingerprint density at radius 3 is 2.69 bits per heavy atom. The van der Waals surface area contributed by atoms with Gasteiger partial charge in [-0.15, -0.1) is 0 Å². The van der Waals surface area contributed by atoms with Gasteiger partial charge >= 0.3 is 5.97 Å². The summed E-state index contributed by atoms with van der Waals surface area (Å²) in [6.07, 6.45) is 2.63. The van der Waals surface area contributed by atoms with Crippen LogP contribution in [-0.2, 0) is 11.4 Å². The second kappa shape index (κ2) is 8.23. The molecule has 0 heterocycles. The summed E-state index contributed by atoms with van der Waals surface area (Å²) < 4.78 is 12.4. The maximum atomic E-state index is 10.7. The van der Waals surface area contributed by atoms with Crippen LogP contribution in [0.15, 0.2) is 60.7 Å². The Bertz CT molecular complexity index is 974. The Balaban J connectivity index is 1.88. The van der Waals surface area contributed by atoms with Gasteiger partial charge in [-0.3, -0.25) is 0 Å². The molecule has 0 aliphatic carbocycles. The van der Waals surface area contributed by atoms with Crippen molar-refractivity contribution in [2.45, 2.75) is 6.61 Å². The zero-order valence-electron chi connectivity index (χ0n) is 14.1. The summed E-state index contributed by atoms with van der Waals surface area (Å²) in [6, 6.07) is 18.0. The van der Waals surface area contributed by atoms with Gasteiger partial charge < -0.3 is 14.6 Å². The minimum absolute atomic E-state index is 0.415. The number of rotatable bonds is 6. The fourth-order valence-corrected chi connectivity index (χ4v) is 3.49. The normalized spacial score (nSPS) is 11.0. The summed E-state index contributed by atoms with van der Waals surface area (Å²) >= 11 is 2.17. The number of methoxy groups -OCH3 is 1. The Labute approximate surface area is 165 Å². The first-order chi connectivity index (χ1) is 12.6. The molecule has 3 rings (SSSR count). The van der Waals surface area contributed by atoms with E-state index < -0.39 is 5.97 Å². The highest BCUT2D eigenvalue weighted by atomic mass is 127. The summed E-state index contributed by atoms with van der Waals surface area (Å²) in [7, 11) is 1.57. The minimum Gasteiger partial charge on any atom is -0.493 e. The van der Waals surface area contributed by atoms with E-state index in [1.165, 1.54) is 11.5 Å². The lowest BCUT2D eigenvalue weighted by molar-refractivity contribution is -0.131. The predicted octanol–water partition coefficient (Wildman–Crippen LogP) is 5.13. The van der Waals surface area contributed by atoms with Crippen LogP contribution in [0, 0.1) is 3.57 Å². The standard InChI is InChI=1S/C21H17IO4/c1-25-19-12-14(9-10-20(23)24)11-18(22)21(19)26-13-16-7-4-6-15-5-2-3-8-17(15)16/h2-12H,13H2,1H3,(H,23,24). The first-order valence-corrected chi connectivity index (χ1v) is 9.04. The molecule has 0 saturated carbocycles. The number of halogens is 1. The summed E-state index contributed by atoms with van der Waals surface area (Å²) in [5.74, 6) is 0.228. The lowest BCUT2D eigenvalue weighted by Crippen LogP contribution is -2.01. The molecular formula is C21H17IO4. The number of carboxylic acids is 1. The Kier molecular flexibility index (Phi) is 5.78. The van der Waals surface area contributed by atoms with Crippen molar-refractivity contribution in [3.8, 4) is 11.5 Å².